The maximum atomic E-state index is 13.4. The molecule has 2 aromatic rings. The smallest absolute Gasteiger partial charge is 0.184 e. The maximum absolute atomic E-state index is 13.4. The molecule has 0 amide bonds. The zero-order chi connectivity index (χ0) is 11.9. The van der Waals surface area contributed by atoms with Crippen LogP contribution in [0.25, 0.3) is 5.69 Å². The van der Waals surface area contributed by atoms with Crippen molar-refractivity contribution in [1.82, 2.24) is 9.78 Å². The van der Waals surface area contributed by atoms with E-state index in [-0.39, 0.29) is 11.5 Å². The molecule has 0 saturated carbocycles. The van der Waals surface area contributed by atoms with E-state index in [1.54, 1.807) is 6.92 Å². The number of aromatic nitrogens is 2. The molecule has 1 aromatic carbocycles. The van der Waals surface area contributed by atoms with Crippen LogP contribution in [0.15, 0.2) is 18.2 Å². The minimum absolute atomic E-state index is 0.112. The lowest BCUT2D eigenvalue weighted by Crippen LogP contribution is -2.06. The fourth-order valence-corrected chi connectivity index (χ4v) is 1.41. The van der Waals surface area contributed by atoms with Crippen LogP contribution in [0, 0.1) is 24.4 Å². The van der Waals surface area contributed by atoms with Gasteiger partial charge in [0.1, 0.15) is 17.3 Å². The van der Waals surface area contributed by atoms with Gasteiger partial charge < -0.3 is 5.73 Å². The third-order valence-electron chi connectivity index (χ3n) is 2.06. The van der Waals surface area contributed by atoms with Crippen molar-refractivity contribution in [3.63, 3.8) is 0 Å². The maximum Gasteiger partial charge on any atom is 0.184 e. The Hall–Kier alpha value is -1.98. The van der Waals surface area contributed by atoms with Crippen LogP contribution in [0.4, 0.5) is 19.0 Å². The normalized spacial score (nSPS) is 10.8. The SMILES string of the molecule is Cc1cc(N)n(-c2cc(F)cc(F)c2F)n1. The van der Waals surface area contributed by atoms with Crippen LogP contribution < -0.4 is 5.73 Å². The summed E-state index contributed by atoms with van der Waals surface area (Å²) in [7, 11) is 0. The fraction of sp³-hybridized carbons (Fsp3) is 0.100. The average molecular weight is 227 g/mol. The molecule has 0 aliphatic carbocycles. The molecule has 84 valence electrons. The predicted octanol–water partition coefficient (Wildman–Crippen LogP) is 2.18. The van der Waals surface area contributed by atoms with Gasteiger partial charge in [-0.1, -0.05) is 0 Å². The van der Waals surface area contributed by atoms with Gasteiger partial charge in [-0.15, -0.1) is 0 Å². The number of nitrogen functional groups attached to an aromatic ring is 1. The molecule has 0 atom stereocenters. The van der Waals surface area contributed by atoms with Crippen molar-refractivity contribution in [2.75, 3.05) is 5.73 Å². The molecule has 16 heavy (non-hydrogen) atoms. The van der Waals surface area contributed by atoms with E-state index in [2.05, 4.69) is 5.10 Å². The summed E-state index contributed by atoms with van der Waals surface area (Å²) in [6.45, 7) is 1.64. The number of halogens is 3. The van der Waals surface area contributed by atoms with Crippen LogP contribution in [-0.4, -0.2) is 9.78 Å². The lowest BCUT2D eigenvalue weighted by atomic mass is 10.3. The van der Waals surface area contributed by atoms with Crippen molar-refractivity contribution in [1.29, 1.82) is 0 Å². The van der Waals surface area contributed by atoms with Crippen LogP contribution in [0.5, 0.6) is 0 Å². The number of nitrogens with two attached hydrogens (primary N) is 1. The first-order valence-corrected chi connectivity index (χ1v) is 4.46. The Bertz CT molecular complexity index is 548. The fourth-order valence-electron chi connectivity index (χ4n) is 1.41. The Labute approximate surface area is 89.3 Å². The molecule has 1 heterocycles. The van der Waals surface area contributed by atoms with Crippen molar-refractivity contribution in [2.45, 2.75) is 6.92 Å². The zero-order valence-corrected chi connectivity index (χ0v) is 8.34. The van der Waals surface area contributed by atoms with E-state index in [1.165, 1.54) is 6.07 Å². The van der Waals surface area contributed by atoms with E-state index in [4.69, 9.17) is 5.73 Å². The molecular formula is C10H8F3N3. The Kier molecular flexibility index (Phi) is 2.34. The van der Waals surface area contributed by atoms with Crippen molar-refractivity contribution in [3.05, 3.63) is 41.3 Å². The number of hydrogen-bond donors (Lipinski definition) is 1. The topological polar surface area (TPSA) is 43.8 Å². The van der Waals surface area contributed by atoms with Crippen molar-refractivity contribution >= 4 is 5.82 Å². The van der Waals surface area contributed by atoms with Crippen molar-refractivity contribution in [3.8, 4) is 5.69 Å². The third-order valence-corrected chi connectivity index (χ3v) is 2.06. The van der Waals surface area contributed by atoms with Gasteiger partial charge in [-0.3, -0.25) is 0 Å². The minimum Gasteiger partial charge on any atom is -0.384 e. The van der Waals surface area contributed by atoms with Crippen LogP contribution in [-0.2, 0) is 0 Å². The molecule has 1 aromatic heterocycles. The summed E-state index contributed by atoms with van der Waals surface area (Å²) < 4.78 is 40.3. The van der Waals surface area contributed by atoms with Crippen LogP contribution in [0.2, 0.25) is 0 Å². The Morgan fingerprint density at radius 3 is 2.44 bits per heavy atom. The summed E-state index contributed by atoms with van der Waals surface area (Å²) in [5.74, 6) is -3.23. The molecule has 3 nitrogen and oxygen atoms in total. The van der Waals surface area contributed by atoms with Gasteiger partial charge in [0, 0.05) is 18.2 Å². The van der Waals surface area contributed by atoms with Gasteiger partial charge in [-0.25, -0.2) is 17.9 Å². The summed E-state index contributed by atoms with van der Waals surface area (Å²) in [6.07, 6.45) is 0. The zero-order valence-electron chi connectivity index (χ0n) is 8.34. The molecule has 0 radical (unpaired) electrons. The highest BCUT2D eigenvalue weighted by molar-refractivity contribution is 5.44. The molecule has 0 aliphatic heterocycles. The van der Waals surface area contributed by atoms with Crippen LogP contribution in [0.3, 0.4) is 0 Å². The molecule has 0 fully saturated rings. The molecule has 2 N–H and O–H groups in total. The van der Waals surface area contributed by atoms with E-state index in [0.717, 1.165) is 10.7 Å². The number of rotatable bonds is 1. The Morgan fingerprint density at radius 1 is 1.19 bits per heavy atom. The van der Waals surface area contributed by atoms with Gasteiger partial charge in [0.25, 0.3) is 0 Å². The second-order valence-corrected chi connectivity index (χ2v) is 3.34. The number of aryl methyl sites for hydroxylation is 1. The summed E-state index contributed by atoms with van der Waals surface area (Å²) in [5.41, 5.74) is 5.72. The van der Waals surface area contributed by atoms with Gasteiger partial charge in [-0.2, -0.15) is 5.10 Å². The monoisotopic (exact) mass is 227 g/mol. The average Bonchev–Trinajstić information content (AvgIpc) is 2.51. The van der Waals surface area contributed by atoms with E-state index in [9.17, 15) is 13.2 Å². The number of anilines is 1. The quantitative estimate of drug-likeness (QED) is 0.759. The van der Waals surface area contributed by atoms with Gasteiger partial charge >= 0.3 is 0 Å². The van der Waals surface area contributed by atoms with Gasteiger partial charge in [0.2, 0.25) is 0 Å². The predicted molar refractivity (Wildman–Crippen MR) is 52.6 cm³/mol. The standard InChI is InChI=1S/C10H8F3N3/c1-5-2-9(14)16(15-5)8-4-6(11)3-7(12)10(8)13/h2-4H,14H2,1H3. The number of benzene rings is 1. The highest BCUT2D eigenvalue weighted by Crippen LogP contribution is 2.21. The highest BCUT2D eigenvalue weighted by Gasteiger charge is 2.15. The lowest BCUT2D eigenvalue weighted by molar-refractivity contribution is 0.488. The first-order chi connectivity index (χ1) is 7.49. The lowest BCUT2D eigenvalue weighted by Gasteiger charge is -2.06. The summed E-state index contributed by atoms with van der Waals surface area (Å²) in [6, 6.07) is 2.77. The Morgan fingerprint density at radius 2 is 1.88 bits per heavy atom. The largest absolute Gasteiger partial charge is 0.384 e. The minimum atomic E-state index is -1.28. The molecule has 6 heteroatoms. The molecule has 0 aliphatic rings. The molecule has 2 rings (SSSR count). The summed E-state index contributed by atoms with van der Waals surface area (Å²) >= 11 is 0. The van der Waals surface area contributed by atoms with Gasteiger partial charge in [0.15, 0.2) is 11.6 Å². The van der Waals surface area contributed by atoms with E-state index in [0.29, 0.717) is 11.8 Å². The van der Waals surface area contributed by atoms with E-state index in [1.807, 2.05) is 0 Å². The third kappa shape index (κ3) is 1.62. The first-order valence-electron chi connectivity index (χ1n) is 4.46. The molecule has 0 bridgehead atoms. The molecule has 0 unspecified atom stereocenters. The summed E-state index contributed by atoms with van der Waals surface area (Å²) in [4.78, 5) is 0. The van der Waals surface area contributed by atoms with Gasteiger partial charge in [0.05, 0.1) is 5.69 Å². The van der Waals surface area contributed by atoms with Gasteiger partial charge in [-0.05, 0) is 6.92 Å². The van der Waals surface area contributed by atoms with Crippen molar-refractivity contribution in [2.24, 2.45) is 0 Å². The molecular weight excluding hydrogens is 219 g/mol. The molecule has 0 saturated heterocycles. The van der Waals surface area contributed by atoms with Crippen molar-refractivity contribution < 1.29 is 13.2 Å². The summed E-state index contributed by atoms with van der Waals surface area (Å²) in [5, 5.41) is 3.84. The number of nitrogens with zero attached hydrogens (tertiary/aromatic N) is 2. The first kappa shape index (κ1) is 10.5. The second kappa shape index (κ2) is 3.55. The van der Waals surface area contributed by atoms with E-state index < -0.39 is 17.5 Å². The van der Waals surface area contributed by atoms with E-state index >= 15 is 0 Å². The Balaban J connectivity index is 2.68. The molecule has 0 spiro atoms. The second-order valence-electron chi connectivity index (χ2n) is 3.34. The van der Waals surface area contributed by atoms with Crippen LogP contribution in [0.1, 0.15) is 5.69 Å². The highest BCUT2D eigenvalue weighted by atomic mass is 19.2. The van der Waals surface area contributed by atoms with Crippen LogP contribution >= 0.6 is 0 Å². The number of hydrogen-bond acceptors (Lipinski definition) is 2.